The van der Waals surface area contributed by atoms with Crippen LogP contribution >= 0.6 is 28.7 Å². The number of carbonyl (C=O) groups is 2. The molecule has 0 aliphatic carbocycles. The summed E-state index contributed by atoms with van der Waals surface area (Å²) in [5.41, 5.74) is -0.309. The molecule has 0 aliphatic rings. The predicted molar refractivity (Wildman–Crippen MR) is 230 cm³/mol. The third-order valence-corrected chi connectivity index (χ3v) is 6.08. The van der Waals surface area contributed by atoms with Crippen molar-refractivity contribution < 1.29 is 29.3 Å². The van der Waals surface area contributed by atoms with E-state index in [-0.39, 0.29) is 29.0 Å². The van der Waals surface area contributed by atoms with E-state index < -0.39 is 28.4 Å². The van der Waals surface area contributed by atoms with Crippen LogP contribution in [0.4, 0.5) is 0 Å². The van der Waals surface area contributed by atoms with E-state index in [1.54, 1.807) is 29.9 Å². The molecule has 0 aromatic carbocycles. The van der Waals surface area contributed by atoms with Crippen LogP contribution in [-0.4, -0.2) is 110 Å². The van der Waals surface area contributed by atoms with Gasteiger partial charge in [-0.25, -0.2) is 14.4 Å². The molecule has 0 bridgehead atoms. The Kier molecular flexibility index (Phi) is 27.3. The fourth-order valence-electron chi connectivity index (χ4n) is 3.33. The van der Waals surface area contributed by atoms with Crippen LogP contribution in [0.15, 0.2) is 58.2 Å². The number of nitrogens with zero attached hydrogens (tertiary/aromatic N) is 3. The minimum atomic E-state index is -1.20. The second-order valence-electron chi connectivity index (χ2n) is 9.13. The number of aromatic hydroxyl groups is 1. The molecule has 0 saturated heterocycles. The molecule has 24 heteroatoms. The first-order chi connectivity index (χ1) is 22.9. The van der Waals surface area contributed by atoms with Gasteiger partial charge in [-0.15, -0.1) is 15.5 Å². The normalized spacial score (nSPS) is 9.32. The molecule has 3 heterocycles. The Hall–Kier alpha value is -3.13. The molecule has 6 radical (unpaired) electrons. The molecule has 0 fully saturated rings. The van der Waals surface area contributed by atoms with E-state index in [0.717, 1.165) is 23.8 Å². The molecule has 0 aliphatic heterocycles. The second-order valence-corrected chi connectivity index (χ2v) is 10.2. The van der Waals surface area contributed by atoms with Gasteiger partial charge in [0.2, 0.25) is 5.43 Å². The summed E-state index contributed by atoms with van der Waals surface area (Å²) in [7, 11) is 19.5. The maximum absolute atomic E-state index is 11.6. The number of pyridine rings is 2. The third kappa shape index (κ3) is 21.8. The quantitative estimate of drug-likeness (QED) is 0.166. The predicted octanol–water partition coefficient (Wildman–Crippen LogP) is -2.17. The molecule has 0 amide bonds. The van der Waals surface area contributed by atoms with E-state index in [1.165, 1.54) is 24.5 Å². The number of thiol groups is 1. The Morgan fingerprint density at radius 2 is 1.34 bits per heavy atom. The summed E-state index contributed by atoms with van der Waals surface area (Å²) in [6.45, 7) is 12.9. The van der Waals surface area contributed by atoms with Gasteiger partial charge in [0, 0.05) is 48.0 Å². The minimum Gasteiger partial charge on any atom is -0.262 e. The van der Waals surface area contributed by atoms with E-state index in [2.05, 4.69) is 52.2 Å². The van der Waals surface area contributed by atoms with Crippen molar-refractivity contribution in [1.29, 1.82) is 0 Å². The SMILES string of the molecule is Cc1c(Br)c(=O)c(C(=O)O)cn1C(C)C.Cc1cc(=O)c(C(=O)O)cn1C(C)C.Cc1cc(O)cc(=O)o1.[B]=NS.[B]B([BH3-])[BH3-].[B]B([BH3-])[B][BH3-]. The average Bonchev–Trinajstić information content (AvgIpc) is 2.95. The number of carboxylic acid groups (broad SMARTS) is 2. The van der Waals surface area contributed by atoms with Crippen molar-refractivity contribution in [3.8, 4) is 5.75 Å². The number of hydrogen-bond acceptors (Lipinski definition) is 9. The van der Waals surface area contributed by atoms with Crippen molar-refractivity contribution in [2.45, 2.75) is 60.5 Å². The smallest absolute Gasteiger partial charge is 0.0381 e. The van der Waals surface area contributed by atoms with Gasteiger partial charge in [-0.2, -0.15) is 13.4 Å². The molecule has 50 heavy (non-hydrogen) atoms. The Balaban J connectivity index is -0.000000580. The van der Waals surface area contributed by atoms with Crippen LogP contribution in [0.5, 0.6) is 5.75 Å². The minimum absolute atomic E-state index is 0.0521. The number of carboxylic acids is 2. The van der Waals surface area contributed by atoms with Gasteiger partial charge in [-0.3, -0.25) is 16.0 Å². The summed E-state index contributed by atoms with van der Waals surface area (Å²) in [5, 5.41) is 26.3. The number of aromatic nitrogens is 2. The summed E-state index contributed by atoms with van der Waals surface area (Å²) >= 11 is 6.31. The zero-order valence-corrected chi connectivity index (χ0v) is 28.9. The van der Waals surface area contributed by atoms with Crippen molar-refractivity contribution in [2.24, 2.45) is 4.30 Å². The number of halogens is 1. The Morgan fingerprint density at radius 1 is 0.940 bits per heavy atom. The summed E-state index contributed by atoms with van der Waals surface area (Å²) in [5.74, 6) is -2.01. The van der Waals surface area contributed by atoms with E-state index in [4.69, 9.17) is 30.8 Å². The fraction of sp³-hybridized carbons (Fsp3) is 0.346. The molecule has 264 valence electrons. The molecule has 0 atom stereocenters. The Labute approximate surface area is 316 Å². The van der Waals surface area contributed by atoms with Gasteiger partial charge in [0.15, 0.2) is 5.43 Å². The number of hydrogen-bond donors (Lipinski definition) is 4. The van der Waals surface area contributed by atoms with Gasteiger partial charge in [0.05, 0.1) is 10.5 Å². The van der Waals surface area contributed by atoms with Crippen LogP contribution in [0, 0.1) is 20.8 Å². The van der Waals surface area contributed by atoms with E-state index >= 15 is 0 Å². The first-order valence-corrected chi connectivity index (χ1v) is 14.0. The standard InChI is InChI=1S/C10H12BrNO3.C10H13NO3.C6H6O3.B5H6.B4H6.BHNS/c1-5(2)12-4-7(10(14)15)9(13)8(11)6(12)3;1-6(2)11-5-8(10(13)14)9(12)4-7(11)3;1-4-2-5(7)3-6(8)9-4;1-4-5(2)3;1-4(2)3;1-2-3/h4-5H,1-3H3,(H,14,15);4-6H,1-3H3,(H,13,14);2-3,7H,1H3;1-2H3;1-2H3;3H/q;;;2*-2;. The van der Waals surface area contributed by atoms with Gasteiger partial charge >= 0.3 is 42.3 Å². The van der Waals surface area contributed by atoms with E-state index in [9.17, 15) is 24.0 Å². The fourth-order valence-corrected chi connectivity index (χ4v) is 3.75. The molecule has 3 N–H and O–H groups in total. The zero-order chi connectivity index (χ0) is 40.0. The molecule has 0 unspecified atom stereocenters. The van der Waals surface area contributed by atoms with Crippen LogP contribution in [0.3, 0.4) is 0 Å². The molecular formula is C26H44B10BrN3O9S-4. The molecule has 12 nitrogen and oxygen atoms in total. The van der Waals surface area contributed by atoms with Crippen LogP contribution in [0.1, 0.15) is 77.6 Å². The number of aryl methyl sites for hydroxylation is 2. The van der Waals surface area contributed by atoms with Gasteiger partial charge in [0.25, 0.3) is 0 Å². The maximum Gasteiger partial charge on any atom is -0.0381 e. The van der Waals surface area contributed by atoms with Gasteiger partial charge in [-0.1, -0.05) is 23.2 Å². The molecule has 0 saturated carbocycles. The average molecular weight is 763 g/mol. The first-order valence-electron chi connectivity index (χ1n) is 12.8. The van der Waals surface area contributed by atoms with Crippen LogP contribution in [0.2, 0.25) is 0 Å². The molecule has 3 rings (SSSR count). The first kappa shape index (κ1) is 51.2. The van der Waals surface area contributed by atoms with Crippen LogP contribution in [0.25, 0.3) is 0 Å². The van der Waals surface area contributed by atoms with Crippen LogP contribution < -0.4 is 16.5 Å². The largest absolute Gasteiger partial charge is 0.262 e. The summed E-state index contributed by atoms with van der Waals surface area (Å²) in [4.78, 5) is 54.7. The monoisotopic (exact) mass is 763 g/mol. The molecule has 3 aromatic rings. The van der Waals surface area contributed by atoms with E-state index in [0.29, 0.717) is 47.6 Å². The van der Waals surface area contributed by atoms with Crippen molar-refractivity contribution in [3.05, 3.63) is 94.2 Å². The molecule has 3 aromatic heterocycles. The summed E-state index contributed by atoms with van der Waals surface area (Å²) in [6, 6.07) is 4.01. The van der Waals surface area contributed by atoms with Crippen molar-refractivity contribution in [1.82, 2.24) is 9.13 Å². The van der Waals surface area contributed by atoms with E-state index in [1.807, 2.05) is 27.7 Å². The summed E-state index contributed by atoms with van der Waals surface area (Å²) in [6.07, 6.45) is 4.23. The molecule has 0 spiro atoms. The van der Waals surface area contributed by atoms with Crippen molar-refractivity contribution in [2.75, 3.05) is 0 Å². The van der Waals surface area contributed by atoms with Crippen LogP contribution in [-0.2, 0) is 0 Å². The molecular weight excluding hydrogens is 718 g/mol. The topological polar surface area (TPSA) is 181 Å². The van der Waals surface area contributed by atoms with Crippen molar-refractivity contribution >= 4 is 115 Å². The Morgan fingerprint density at radius 3 is 1.66 bits per heavy atom. The Bertz CT molecular complexity index is 1680. The van der Waals surface area contributed by atoms with Gasteiger partial charge in [-0.05, 0) is 72.1 Å². The number of rotatable bonds is 5. The second kappa shape index (κ2) is 26.6. The summed E-state index contributed by atoms with van der Waals surface area (Å²) < 4.78 is 11.1. The van der Waals surface area contributed by atoms with Gasteiger partial charge in [0.1, 0.15) is 22.6 Å². The van der Waals surface area contributed by atoms with Crippen molar-refractivity contribution in [3.63, 3.8) is 0 Å². The maximum atomic E-state index is 11.6. The zero-order valence-electron chi connectivity index (χ0n) is 26.5. The van der Waals surface area contributed by atoms with Gasteiger partial charge < -0.3 is 28.9 Å². The number of aromatic carboxylic acids is 2. The third-order valence-electron chi connectivity index (χ3n) is 5.15.